The van der Waals surface area contributed by atoms with E-state index in [0.29, 0.717) is 12.3 Å². The number of aliphatic carboxylic acids is 1. The van der Waals surface area contributed by atoms with E-state index in [9.17, 15) is 4.79 Å². The monoisotopic (exact) mass is 287 g/mol. The Morgan fingerprint density at radius 2 is 1.86 bits per heavy atom. The molecular formula is C17H21NO3. The van der Waals surface area contributed by atoms with Gasteiger partial charge in [-0.15, -0.1) is 0 Å². The molecular weight excluding hydrogens is 266 g/mol. The number of carbonyl (C=O) groups is 1. The van der Waals surface area contributed by atoms with Crippen LogP contribution in [0.3, 0.4) is 0 Å². The number of aryl methyl sites for hydroxylation is 2. The van der Waals surface area contributed by atoms with E-state index in [0.717, 1.165) is 17.0 Å². The van der Waals surface area contributed by atoms with Crippen LogP contribution in [0.15, 0.2) is 28.7 Å². The maximum absolute atomic E-state index is 10.6. The van der Waals surface area contributed by atoms with Crippen molar-refractivity contribution >= 4 is 5.97 Å². The molecule has 0 atom stereocenters. The Hall–Kier alpha value is -2.10. The molecule has 112 valence electrons. The fraction of sp³-hybridized carbons (Fsp3) is 0.412. The molecule has 1 N–H and O–H groups in total. The van der Waals surface area contributed by atoms with Crippen LogP contribution < -0.4 is 0 Å². The van der Waals surface area contributed by atoms with Gasteiger partial charge >= 0.3 is 5.97 Å². The summed E-state index contributed by atoms with van der Waals surface area (Å²) in [6.45, 7) is 8.39. The van der Waals surface area contributed by atoms with Gasteiger partial charge in [0.25, 0.3) is 0 Å². The molecule has 0 bridgehead atoms. The molecule has 0 saturated carbocycles. The lowest BCUT2D eigenvalue weighted by Gasteiger charge is -2.18. The van der Waals surface area contributed by atoms with Crippen molar-refractivity contribution in [2.24, 2.45) is 0 Å². The van der Waals surface area contributed by atoms with Crippen LogP contribution in [-0.4, -0.2) is 16.1 Å². The zero-order valence-electron chi connectivity index (χ0n) is 12.9. The molecule has 1 aromatic heterocycles. The van der Waals surface area contributed by atoms with E-state index in [1.165, 1.54) is 5.56 Å². The van der Waals surface area contributed by atoms with Gasteiger partial charge in [0.1, 0.15) is 0 Å². The smallest absolute Gasteiger partial charge is 0.303 e. The maximum atomic E-state index is 10.6. The third-order valence-corrected chi connectivity index (χ3v) is 3.41. The number of rotatable bonds is 4. The van der Waals surface area contributed by atoms with Crippen molar-refractivity contribution in [2.45, 2.75) is 46.0 Å². The largest absolute Gasteiger partial charge is 0.481 e. The van der Waals surface area contributed by atoms with Crippen LogP contribution in [0.25, 0.3) is 11.3 Å². The van der Waals surface area contributed by atoms with Gasteiger partial charge in [0.05, 0.1) is 12.1 Å². The number of benzene rings is 1. The molecule has 0 saturated heterocycles. The SMILES string of the molecule is Cc1nc(CCC(=O)O)oc1-c1ccc(C(C)(C)C)cc1. The Morgan fingerprint density at radius 3 is 2.38 bits per heavy atom. The van der Waals surface area contributed by atoms with E-state index in [-0.39, 0.29) is 11.8 Å². The van der Waals surface area contributed by atoms with Gasteiger partial charge < -0.3 is 9.52 Å². The second-order valence-electron chi connectivity index (χ2n) is 6.24. The summed E-state index contributed by atoms with van der Waals surface area (Å²) >= 11 is 0. The van der Waals surface area contributed by atoms with Crippen molar-refractivity contribution < 1.29 is 14.3 Å². The predicted molar refractivity (Wildman–Crippen MR) is 81.3 cm³/mol. The minimum atomic E-state index is -0.845. The minimum absolute atomic E-state index is 0.0301. The van der Waals surface area contributed by atoms with Gasteiger partial charge in [0.15, 0.2) is 11.7 Å². The van der Waals surface area contributed by atoms with E-state index < -0.39 is 5.97 Å². The Labute approximate surface area is 124 Å². The van der Waals surface area contributed by atoms with Crippen LogP contribution in [0.4, 0.5) is 0 Å². The van der Waals surface area contributed by atoms with Crippen LogP contribution in [0, 0.1) is 6.92 Å². The molecule has 1 heterocycles. The van der Waals surface area contributed by atoms with Gasteiger partial charge in [0.2, 0.25) is 0 Å². The topological polar surface area (TPSA) is 63.3 Å². The van der Waals surface area contributed by atoms with Crippen molar-refractivity contribution in [1.82, 2.24) is 4.98 Å². The summed E-state index contributed by atoms with van der Waals surface area (Å²) in [6, 6.07) is 8.23. The van der Waals surface area contributed by atoms with Gasteiger partial charge in [-0.05, 0) is 17.9 Å². The fourth-order valence-corrected chi connectivity index (χ4v) is 2.16. The number of nitrogens with zero attached hydrogens (tertiary/aromatic N) is 1. The van der Waals surface area contributed by atoms with Crippen LogP contribution in [-0.2, 0) is 16.6 Å². The van der Waals surface area contributed by atoms with Gasteiger partial charge in [-0.25, -0.2) is 4.98 Å². The summed E-state index contributed by atoms with van der Waals surface area (Å²) in [7, 11) is 0. The molecule has 0 unspecified atom stereocenters. The molecule has 21 heavy (non-hydrogen) atoms. The average Bonchev–Trinajstić information content (AvgIpc) is 2.77. The van der Waals surface area contributed by atoms with Crippen molar-refractivity contribution in [1.29, 1.82) is 0 Å². The highest BCUT2D eigenvalue weighted by Crippen LogP contribution is 2.28. The van der Waals surface area contributed by atoms with E-state index in [4.69, 9.17) is 9.52 Å². The summed E-state index contributed by atoms with van der Waals surface area (Å²) in [5, 5.41) is 8.71. The molecule has 0 fully saturated rings. The quantitative estimate of drug-likeness (QED) is 0.924. The number of carboxylic acid groups (broad SMARTS) is 1. The molecule has 1 aromatic carbocycles. The summed E-state index contributed by atoms with van der Waals surface area (Å²) in [6.07, 6.45) is 0.346. The van der Waals surface area contributed by atoms with E-state index in [2.05, 4.69) is 37.9 Å². The Bertz CT molecular complexity index is 633. The van der Waals surface area contributed by atoms with Crippen LogP contribution >= 0.6 is 0 Å². The molecule has 0 aliphatic carbocycles. The van der Waals surface area contributed by atoms with Gasteiger partial charge in [-0.3, -0.25) is 4.79 Å². The Kier molecular flexibility index (Phi) is 4.16. The number of oxazole rings is 1. The minimum Gasteiger partial charge on any atom is -0.481 e. The van der Waals surface area contributed by atoms with Gasteiger partial charge in [-0.1, -0.05) is 45.0 Å². The average molecular weight is 287 g/mol. The lowest BCUT2D eigenvalue weighted by atomic mass is 9.86. The van der Waals surface area contributed by atoms with Gasteiger partial charge in [0, 0.05) is 12.0 Å². The molecule has 2 aromatic rings. The summed E-state index contributed by atoms with van der Waals surface area (Å²) in [4.78, 5) is 14.9. The maximum Gasteiger partial charge on any atom is 0.303 e. The van der Waals surface area contributed by atoms with Crippen molar-refractivity contribution in [2.75, 3.05) is 0 Å². The number of hydrogen-bond acceptors (Lipinski definition) is 3. The molecule has 4 heteroatoms. The van der Waals surface area contributed by atoms with Crippen molar-refractivity contribution in [3.63, 3.8) is 0 Å². The summed E-state index contributed by atoms with van der Waals surface area (Å²) < 4.78 is 5.70. The van der Waals surface area contributed by atoms with E-state index in [1.807, 2.05) is 19.1 Å². The molecule has 0 radical (unpaired) electrons. The number of aromatic nitrogens is 1. The lowest BCUT2D eigenvalue weighted by molar-refractivity contribution is -0.137. The molecule has 4 nitrogen and oxygen atoms in total. The highest BCUT2D eigenvalue weighted by atomic mass is 16.4. The summed E-state index contributed by atoms with van der Waals surface area (Å²) in [5.41, 5.74) is 3.13. The lowest BCUT2D eigenvalue weighted by Crippen LogP contribution is -2.10. The second-order valence-corrected chi connectivity index (χ2v) is 6.24. The highest BCUT2D eigenvalue weighted by molar-refractivity contribution is 5.67. The third kappa shape index (κ3) is 3.72. The molecule has 0 amide bonds. The van der Waals surface area contributed by atoms with Crippen LogP contribution in [0.2, 0.25) is 0 Å². The fourth-order valence-electron chi connectivity index (χ4n) is 2.16. The van der Waals surface area contributed by atoms with Crippen LogP contribution in [0.5, 0.6) is 0 Å². The number of carboxylic acids is 1. The first-order valence-electron chi connectivity index (χ1n) is 7.06. The zero-order valence-corrected chi connectivity index (χ0v) is 12.9. The molecule has 0 aliphatic heterocycles. The van der Waals surface area contributed by atoms with E-state index in [1.54, 1.807) is 0 Å². The highest BCUT2D eigenvalue weighted by Gasteiger charge is 2.16. The molecule has 2 rings (SSSR count). The molecule has 0 spiro atoms. The normalized spacial score (nSPS) is 11.6. The third-order valence-electron chi connectivity index (χ3n) is 3.41. The Balaban J connectivity index is 2.24. The Morgan fingerprint density at radius 1 is 1.24 bits per heavy atom. The number of hydrogen-bond donors (Lipinski definition) is 1. The first-order chi connectivity index (χ1) is 9.77. The van der Waals surface area contributed by atoms with E-state index >= 15 is 0 Å². The molecule has 0 aliphatic rings. The summed E-state index contributed by atoms with van der Waals surface area (Å²) in [5.74, 6) is 0.350. The van der Waals surface area contributed by atoms with Crippen molar-refractivity contribution in [3.05, 3.63) is 41.4 Å². The predicted octanol–water partition coefficient (Wildman–Crippen LogP) is 3.96. The van der Waals surface area contributed by atoms with Gasteiger partial charge in [-0.2, -0.15) is 0 Å². The first kappa shape index (κ1) is 15.3. The first-order valence-corrected chi connectivity index (χ1v) is 7.06. The van der Waals surface area contributed by atoms with Crippen molar-refractivity contribution in [3.8, 4) is 11.3 Å². The zero-order chi connectivity index (χ0) is 15.6. The standard InChI is InChI=1S/C17H21NO3/c1-11-16(21-14(18-11)9-10-15(19)20)12-5-7-13(8-6-12)17(2,3)4/h5-8H,9-10H2,1-4H3,(H,19,20). The second kappa shape index (κ2) is 5.72. The van der Waals surface area contributed by atoms with Crippen LogP contribution in [0.1, 0.15) is 44.3 Å².